The number of phenolic OH excluding ortho intramolecular Hbond substituents is 1. The van der Waals surface area contributed by atoms with E-state index in [4.69, 9.17) is 15.2 Å². The third-order valence-electron chi connectivity index (χ3n) is 9.95. The molecule has 0 saturated heterocycles. The normalized spacial score (nSPS) is 14.6. The number of aromatic hydroxyl groups is 1. The van der Waals surface area contributed by atoms with Gasteiger partial charge in [0, 0.05) is 27.8 Å². The van der Waals surface area contributed by atoms with Crippen LogP contribution >= 0.6 is 0 Å². The number of benzene rings is 6. The summed E-state index contributed by atoms with van der Waals surface area (Å²) in [5, 5.41) is 34.7. The van der Waals surface area contributed by atoms with E-state index in [1.807, 2.05) is 0 Å². The number of rotatable bonds is 15. The molecule has 68 heavy (non-hydrogen) atoms. The average molecular weight is 1010 g/mol. The van der Waals surface area contributed by atoms with Crippen molar-refractivity contribution in [1.29, 1.82) is 0 Å². The van der Waals surface area contributed by atoms with E-state index < -0.39 is 89.9 Å². The van der Waals surface area contributed by atoms with E-state index >= 15 is 0 Å². The molecule has 0 radical (unpaired) electrons. The summed E-state index contributed by atoms with van der Waals surface area (Å²) in [6, 6.07) is 18.0. The highest BCUT2D eigenvalue weighted by Gasteiger charge is 2.29. The number of fused-ring (bicyclic) bond motifs is 3. The predicted octanol–water partition coefficient (Wildman–Crippen LogP) is 8.20. The summed E-state index contributed by atoms with van der Waals surface area (Å²) in [5.41, 5.74) is 5.25. The van der Waals surface area contributed by atoms with Gasteiger partial charge in [0.05, 0.1) is 39.0 Å². The van der Waals surface area contributed by atoms with Crippen molar-refractivity contribution in [1.82, 2.24) is 0 Å². The second-order valence-corrected chi connectivity index (χ2v) is 20.2. The molecule has 0 spiro atoms. The van der Waals surface area contributed by atoms with E-state index in [9.17, 15) is 61.8 Å². The van der Waals surface area contributed by atoms with Gasteiger partial charge in [-0.15, -0.1) is 20.5 Å². The first-order valence-corrected chi connectivity index (χ1v) is 24.9. The van der Waals surface area contributed by atoms with Gasteiger partial charge in [0.15, 0.2) is 5.75 Å². The van der Waals surface area contributed by atoms with Gasteiger partial charge >= 0.3 is 5.97 Å². The Labute approximate surface area is 385 Å². The Morgan fingerprint density at radius 3 is 1.93 bits per heavy atom. The van der Waals surface area contributed by atoms with Crippen LogP contribution in [0, 0.1) is 0 Å². The SMILES string of the molecule is C=CC(=O)OCCOc1ccc(N=Nc2ccc(N=Nc3ccc(N=Nc4c(S(=O)(=O)O)cc5cc(S(=O)(=O)O)c(N)cc5c4O)c4c3C=CC(S(=O)(=O)O)C4)c3cc(S(=O)(=O)O)ccc23)cc1. The molecule has 1 aliphatic carbocycles. The molecule has 6 aromatic rings. The molecule has 0 aliphatic heterocycles. The lowest BCUT2D eigenvalue weighted by Crippen LogP contribution is -2.23. The fourth-order valence-corrected chi connectivity index (χ4v) is 9.18. The Kier molecular flexibility index (Phi) is 13.4. The first-order valence-electron chi connectivity index (χ1n) is 19.1. The summed E-state index contributed by atoms with van der Waals surface area (Å²) in [5.74, 6) is -1.08. The zero-order chi connectivity index (χ0) is 49.3. The molecule has 0 heterocycles. The van der Waals surface area contributed by atoms with Crippen molar-refractivity contribution in [3.8, 4) is 11.5 Å². The molecule has 0 aromatic heterocycles. The van der Waals surface area contributed by atoms with Gasteiger partial charge < -0.3 is 20.3 Å². The number of phenols is 1. The second-order valence-electron chi connectivity index (χ2n) is 14.3. The van der Waals surface area contributed by atoms with Crippen molar-refractivity contribution in [3.63, 3.8) is 0 Å². The number of carbonyl (C=O) groups excluding carboxylic acids is 1. The number of azo groups is 3. The van der Waals surface area contributed by atoms with Crippen LogP contribution in [-0.4, -0.2) is 81.4 Å². The molecule has 7 rings (SSSR count). The smallest absolute Gasteiger partial charge is 0.330 e. The van der Waals surface area contributed by atoms with Crippen molar-refractivity contribution in [2.75, 3.05) is 18.9 Å². The van der Waals surface area contributed by atoms with Crippen molar-refractivity contribution >= 4 is 114 Å². The Morgan fingerprint density at radius 2 is 1.28 bits per heavy atom. The van der Waals surface area contributed by atoms with Gasteiger partial charge in [-0.25, -0.2) is 4.79 Å². The van der Waals surface area contributed by atoms with Gasteiger partial charge in [0.2, 0.25) is 0 Å². The molecule has 0 bridgehead atoms. The minimum Gasteiger partial charge on any atom is -0.505 e. The minimum absolute atomic E-state index is 0.00243. The maximum absolute atomic E-state index is 12.5. The summed E-state index contributed by atoms with van der Waals surface area (Å²) in [6.45, 7) is 3.40. The van der Waals surface area contributed by atoms with Crippen LogP contribution in [0.2, 0.25) is 0 Å². The summed E-state index contributed by atoms with van der Waals surface area (Å²) in [7, 11) is -19.6. The topological polar surface area (TPSA) is 373 Å². The highest BCUT2D eigenvalue weighted by Crippen LogP contribution is 2.45. The number of nitrogens with two attached hydrogens (primary N) is 1. The van der Waals surface area contributed by atoms with Gasteiger partial charge in [-0.1, -0.05) is 24.8 Å². The summed E-state index contributed by atoms with van der Waals surface area (Å²) >= 11 is 0. The zero-order valence-electron chi connectivity index (χ0n) is 34.3. The lowest BCUT2D eigenvalue weighted by molar-refractivity contribution is -0.138. The molecule has 1 atom stereocenters. The van der Waals surface area contributed by atoms with Crippen LogP contribution in [0.3, 0.4) is 0 Å². The minimum atomic E-state index is -5.23. The highest BCUT2D eigenvalue weighted by molar-refractivity contribution is 7.87. The first kappa shape index (κ1) is 48.6. The molecule has 7 N–H and O–H groups in total. The first-order chi connectivity index (χ1) is 31.9. The third kappa shape index (κ3) is 10.7. The number of nitrogens with zero attached hydrogens (tertiary/aromatic N) is 6. The van der Waals surface area contributed by atoms with Crippen LogP contribution in [0.4, 0.5) is 39.8 Å². The van der Waals surface area contributed by atoms with Crippen LogP contribution < -0.4 is 10.5 Å². The molecular formula is C41H33N7O16S4. The molecule has 1 aliphatic rings. The molecule has 352 valence electrons. The number of hydrogen-bond donors (Lipinski definition) is 6. The van der Waals surface area contributed by atoms with Gasteiger partial charge in [0.1, 0.15) is 39.7 Å². The number of ether oxygens (including phenoxy) is 2. The van der Waals surface area contributed by atoms with E-state index in [-0.39, 0.29) is 63.2 Å². The van der Waals surface area contributed by atoms with Crippen LogP contribution in [-0.2, 0) is 56.4 Å². The maximum atomic E-state index is 12.5. The average Bonchev–Trinajstić information content (AvgIpc) is 3.27. The summed E-state index contributed by atoms with van der Waals surface area (Å²) < 4.78 is 148. The maximum Gasteiger partial charge on any atom is 0.330 e. The van der Waals surface area contributed by atoms with Crippen LogP contribution in [0.1, 0.15) is 11.1 Å². The predicted molar refractivity (Wildman–Crippen MR) is 244 cm³/mol. The van der Waals surface area contributed by atoms with Gasteiger partial charge in [-0.2, -0.15) is 43.9 Å². The monoisotopic (exact) mass is 1010 g/mol. The van der Waals surface area contributed by atoms with Crippen molar-refractivity contribution < 1.29 is 71.3 Å². The largest absolute Gasteiger partial charge is 0.505 e. The van der Waals surface area contributed by atoms with E-state index in [1.54, 1.807) is 24.3 Å². The Balaban J connectivity index is 1.26. The molecule has 1 unspecified atom stereocenters. The lowest BCUT2D eigenvalue weighted by Gasteiger charge is -2.19. The van der Waals surface area contributed by atoms with Crippen molar-refractivity contribution in [3.05, 3.63) is 115 Å². The summed E-state index contributed by atoms with van der Waals surface area (Å²) in [6.07, 6.45) is 3.03. The fraction of sp³-hybridized carbons (Fsp3) is 0.0976. The zero-order valence-corrected chi connectivity index (χ0v) is 37.6. The Hall–Kier alpha value is -7.37. The number of carbonyl (C=O) groups is 1. The Bertz CT molecular complexity index is 3680. The molecule has 6 aromatic carbocycles. The Morgan fingerprint density at radius 1 is 0.676 bits per heavy atom. The highest BCUT2D eigenvalue weighted by atomic mass is 32.2. The number of anilines is 1. The molecule has 0 saturated carbocycles. The van der Waals surface area contributed by atoms with Gasteiger partial charge in [-0.05, 0) is 96.2 Å². The molecule has 27 heteroatoms. The van der Waals surface area contributed by atoms with Gasteiger partial charge in [0.25, 0.3) is 40.5 Å². The van der Waals surface area contributed by atoms with Crippen LogP contribution in [0.5, 0.6) is 11.5 Å². The number of hydrogen-bond acceptors (Lipinski definition) is 19. The van der Waals surface area contributed by atoms with Crippen molar-refractivity contribution in [2.24, 2.45) is 30.7 Å². The number of esters is 1. The van der Waals surface area contributed by atoms with Crippen LogP contribution in [0.15, 0.2) is 149 Å². The van der Waals surface area contributed by atoms with E-state index in [0.29, 0.717) is 16.8 Å². The molecular weight excluding hydrogens is 975 g/mol. The number of nitrogen functional groups attached to an aromatic ring is 1. The summed E-state index contributed by atoms with van der Waals surface area (Å²) in [4.78, 5) is 8.85. The second kappa shape index (κ2) is 18.7. The fourth-order valence-electron chi connectivity index (χ4n) is 6.73. The van der Waals surface area contributed by atoms with Gasteiger partial charge in [-0.3, -0.25) is 18.2 Å². The molecule has 0 amide bonds. The standard InChI is InChI=1S/C41H33N7O16S4/c1-2-39(49)64-16-15-63-24-5-3-23(4-6-24)43-44-33-11-13-35(30-19-25(65(51,52)53)7-9-27(30)33)46-45-34-12-14-36(31-20-26(66(54,55)56)8-10-28(31)34)47-48-40-38(68(60,61)62)18-22-17-37(67(57,58)59)32(42)21-29(22)41(40)50/h2-14,17-19,21,26,50H,1,15-16,20,42H2,(H,51,52,53)(H,54,55,56)(H,57,58,59)(H,60,61,62). The van der Waals surface area contributed by atoms with E-state index in [2.05, 4.69) is 37.3 Å². The van der Waals surface area contributed by atoms with E-state index in [0.717, 1.165) is 42.5 Å². The van der Waals surface area contributed by atoms with E-state index in [1.165, 1.54) is 36.4 Å². The molecule has 0 fully saturated rings. The third-order valence-corrected chi connectivity index (χ3v) is 13.7. The van der Waals surface area contributed by atoms with Crippen molar-refractivity contribution in [2.45, 2.75) is 26.4 Å². The quantitative estimate of drug-likeness (QED) is 0.0141. The van der Waals surface area contributed by atoms with Crippen LogP contribution in [0.25, 0.3) is 27.6 Å². The molecule has 23 nitrogen and oxygen atoms in total. The lowest BCUT2D eigenvalue weighted by atomic mass is 9.94.